The maximum Gasteiger partial charge on any atom is 0.172 e. The van der Waals surface area contributed by atoms with E-state index < -0.39 is 0 Å². The van der Waals surface area contributed by atoms with E-state index in [9.17, 15) is 0 Å². The molecular weight excluding hydrogens is 322 g/mol. The maximum absolute atomic E-state index is 4.33. The molecule has 1 atom stereocenters. The number of benzene rings is 1. The van der Waals surface area contributed by atoms with Gasteiger partial charge in [0.1, 0.15) is 0 Å². The van der Waals surface area contributed by atoms with Gasteiger partial charge in [-0.15, -0.1) is 0 Å². The molecule has 1 N–H and O–H groups in total. The Labute approximate surface area is 126 Å². The summed E-state index contributed by atoms with van der Waals surface area (Å²) in [6.07, 6.45) is 3.77. The summed E-state index contributed by atoms with van der Waals surface area (Å²) in [6.45, 7) is 5.27. The van der Waals surface area contributed by atoms with Gasteiger partial charge in [0.15, 0.2) is 5.16 Å². The van der Waals surface area contributed by atoms with Crippen molar-refractivity contribution in [2.24, 2.45) is 7.05 Å². The Morgan fingerprint density at radius 1 is 1.47 bits per heavy atom. The van der Waals surface area contributed by atoms with Crippen LogP contribution >= 0.6 is 27.7 Å². The third kappa shape index (κ3) is 3.61. The van der Waals surface area contributed by atoms with Crippen molar-refractivity contribution in [3.05, 3.63) is 40.6 Å². The standard InChI is InChI=1S/C14H18BrN3S/c1-4-16-10(2)11-5-6-13(12(15)9-11)19-14-17-7-8-18(14)3/h5-10,16H,4H2,1-3H3. The molecule has 2 aromatic rings. The number of aryl methyl sites for hydroxylation is 1. The smallest absolute Gasteiger partial charge is 0.172 e. The molecule has 19 heavy (non-hydrogen) atoms. The van der Waals surface area contributed by atoms with Gasteiger partial charge in [-0.3, -0.25) is 0 Å². The van der Waals surface area contributed by atoms with Crippen molar-refractivity contribution in [1.29, 1.82) is 0 Å². The zero-order valence-corrected chi connectivity index (χ0v) is 13.8. The monoisotopic (exact) mass is 339 g/mol. The van der Waals surface area contributed by atoms with Crippen LogP contribution in [0.2, 0.25) is 0 Å². The second-order valence-corrected chi connectivity index (χ2v) is 6.26. The van der Waals surface area contributed by atoms with Gasteiger partial charge in [0.05, 0.1) is 0 Å². The molecule has 0 amide bonds. The lowest BCUT2D eigenvalue weighted by Gasteiger charge is -2.14. The fourth-order valence-electron chi connectivity index (χ4n) is 1.84. The van der Waals surface area contributed by atoms with Crippen LogP contribution in [0.5, 0.6) is 0 Å². The largest absolute Gasteiger partial charge is 0.329 e. The minimum Gasteiger partial charge on any atom is -0.329 e. The second kappa shape index (κ2) is 6.59. The third-order valence-corrected chi connectivity index (χ3v) is 5.01. The van der Waals surface area contributed by atoms with E-state index in [2.05, 4.69) is 58.3 Å². The predicted molar refractivity (Wildman–Crippen MR) is 83.6 cm³/mol. The Morgan fingerprint density at radius 2 is 2.26 bits per heavy atom. The Bertz CT molecular complexity index is 553. The van der Waals surface area contributed by atoms with Gasteiger partial charge < -0.3 is 9.88 Å². The Kier molecular flexibility index (Phi) is 5.07. The van der Waals surface area contributed by atoms with Crippen LogP contribution in [-0.4, -0.2) is 16.1 Å². The molecule has 0 bridgehead atoms. The number of nitrogens with zero attached hydrogens (tertiary/aromatic N) is 2. The van der Waals surface area contributed by atoms with E-state index in [1.54, 1.807) is 11.8 Å². The molecule has 0 saturated heterocycles. The molecule has 1 aromatic heterocycles. The van der Waals surface area contributed by atoms with Crippen LogP contribution < -0.4 is 5.32 Å². The summed E-state index contributed by atoms with van der Waals surface area (Å²) < 4.78 is 3.13. The molecule has 0 aliphatic carbocycles. The number of nitrogens with one attached hydrogen (secondary N) is 1. The first-order valence-electron chi connectivity index (χ1n) is 6.29. The maximum atomic E-state index is 4.33. The van der Waals surface area contributed by atoms with E-state index in [1.807, 2.05) is 24.0 Å². The van der Waals surface area contributed by atoms with Crippen LogP contribution in [-0.2, 0) is 7.05 Å². The van der Waals surface area contributed by atoms with E-state index in [-0.39, 0.29) is 0 Å². The SMILES string of the molecule is CCNC(C)c1ccc(Sc2nccn2C)c(Br)c1. The Hall–Kier alpha value is -0.780. The number of hydrogen-bond donors (Lipinski definition) is 1. The molecule has 3 nitrogen and oxygen atoms in total. The molecule has 1 aromatic carbocycles. The number of aromatic nitrogens is 2. The van der Waals surface area contributed by atoms with Crippen LogP contribution in [0.3, 0.4) is 0 Å². The van der Waals surface area contributed by atoms with Crippen molar-refractivity contribution in [3.8, 4) is 0 Å². The summed E-state index contributed by atoms with van der Waals surface area (Å²) in [4.78, 5) is 5.51. The highest BCUT2D eigenvalue weighted by atomic mass is 79.9. The van der Waals surface area contributed by atoms with Crippen molar-refractivity contribution in [3.63, 3.8) is 0 Å². The van der Waals surface area contributed by atoms with Crippen molar-refractivity contribution in [1.82, 2.24) is 14.9 Å². The summed E-state index contributed by atoms with van der Waals surface area (Å²) >= 11 is 5.32. The number of imidazole rings is 1. The van der Waals surface area contributed by atoms with Gasteiger partial charge in [-0.25, -0.2) is 4.98 Å². The molecule has 0 aliphatic heterocycles. The van der Waals surface area contributed by atoms with Crippen LogP contribution in [0, 0.1) is 0 Å². The van der Waals surface area contributed by atoms with Gasteiger partial charge in [-0.1, -0.05) is 24.8 Å². The minimum atomic E-state index is 0.369. The van der Waals surface area contributed by atoms with Crippen molar-refractivity contribution in [2.75, 3.05) is 6.54 Å². The van der Waals surface area contributed by atoms with E-state index in [1.165, 1.54) is 10.5 Å². The number of rotatable bonds is 5. The second-order valence-electron chi connectivity index (χ2n) is 4.39. The normalized spacial score (nSPS) is 12.6. The highest BCUT2D eigenvalue weighted by Crippen LogP contribution is 2.33. The fourth-order valence-corrected chi connectivity index (χ4v) is 3.29. The Morgan fingerprint density at radius 3 is 2.84 bits per heavy atom. The van der Waals surface area contributed by atoms with E-state index in [0.717, 1.165) is 16.2 Å². The van der Waals surface area contributed by atoms with Crippen LogP contribution in [0.15, 0.2) is 45.1 Å². The lowest BCUT2D eigenvalue weighted by atomic mass is 10.1. The fraction of sp³-hybridized carbons (Fsp3) is 0.357. The molecule has 0 aliphatic rings. The molecule has 0 radical (unpaired) electrons. The third-order valence-electron chi connectivity index (χ3n) is 2.94. The quantitative estimate of drug-likeness (QED) is 0.892. The van der Waals surface area contributed by atoms with Crippen molar-refractivity contribution in [2.45, 2.75) is 29.9 Å². The Balaban J connectivity index is 2.18. The first-order valence-corrected chi connectivity index (χ1v) is 7.90. The molecule has 102 valence electrons. The molecule has 0 spiro atoms. The summed E-state index contributed by atoms with van der Waals surface area (Å²) in [5, 5.41) is 4.41. The van der Waals surface area contributed by atoms with E-state index >= 15 is 0 Å². The number of hydrogen-bond acceptors (Lipinski definition) is 3. The average molecular weight is 340 g/mol. The van der Waals surface area contributed by atoms with Gasteiger partial charge in [-0.05, 0) is 47.1 Å². The summed E-state index contributed by atoms with van der Waals surface area (Å²) in [5.74, 6) is 0. The van der Waals surface area contributed by atoms with E-state index in [0.29, 0.717) is 6.04 Å². The topological polar surface area (TPSA) is 29.9 Å². The van der Waals surface area contributed by atoms with Crippen LogP contribution in [0.4, 0.5) is 0 Å². The van der Waals surface area contributed by atoms with Crippen LogP contribution in [0.1, 0.15) is 25.5 Å². The minimum absolute atomic E-state index is 0.369. The van der Waals surface area contributed by atoms with E-state index in [4.69, 9.17) is 0 Å². The van der Waals surface area contributed by atoms with Crippen LogP contribution in [0.25, 0.3) is 0 Å². The van der Waals surface area contributed by atoms with Gasteiger partial charge in [-0.2, -0.15) is 0 Å². The first kappa shape index (κ1) is 14.6. The average Bonchev–Trinajstić information content (AvgIpc) is 2.78. The van der Waals surface area contributed by atoms with Gasteiger partial charge in [0.2, 0.25) is 0 Å². The molecule has 1 unspecified atom stereocenters. The molecule has 2 rings (SSSR count). The lowest BCUT2D eigenvalue weighted by molar-refractivity contribution is 0.597. The lowest BCUT2D eigenvalue weighted by Crippen LogP contribution is -2.17. The van der Waals surface area contributed by atoms with Gasteiger partial charge >= 0.3 is 0 Å². The summed E-state index contributed by atoms with van der Waals surface area (Å²) in [5.41, 5.74) is 1.29. The molecule has 5 heteroatoms. The van der Waals surface area contributed by atoms with Gasteiger partial charge in [0, 0.05) is 34.9 Å². The van der Waals surface area contributed by atoms with Gasteiger partial charge in [0.25, 0.3) is 0 Å². The van der Waals surface area contributed by atoms with Crippen molar-refractivity contribution < 1.29 is 0 Å². The summed E-state index contributed by atoms with van der Waals surface area (Å²) in [7, 11) is 2.00. The van der Waals surface area contributed by atoms with Crippen molar-refractivity contribution >= 4 is 27.7 Å². The predicted octanol–water partition coefficient (Wildman–Crippen LogP) is 4.00. The molecule has 0 saturated carbocycles. The highest BCUT2D eigenvalue weighted by molar-refractivity contribution is 9.10. The summed E-state index contributed by atoms with van der Waals surface area (Å²) in [6, 6.07) is 6.86. The molecule has 0 fully saturated rings. The zero-order chi connectivity index (χ0) is 13.8. The molecular formula is C14H18BrN3S. The highest BCUT2D eigenvalue weighted by Gasteiger charge is 2.09. The molecule has 1 heterocycles. The number of halogens is 1. The zero-order valence-electron chi connectivity index (χ0n) is 11.4. The first-order chi connectivity index (χ1) is 9.11.